The van der Waals surface area contributed by atoms with Crippen molar-refractivity contribution in [2.45, 2.75) is 130 Å². The molecule has 10 atom stereocenters. The van der Waals surface area contributed by atoms with E-state index in [1.807, 2.05) is 39.8 Å². The Bertz CT molecular complexity index is 2570. The van der Waals surface area contributed by atoms with E-state index in [0.717, 1.165) is 39.0 Å². The molecule has 7 aliphatic heterocycles. The fraction of sp³-hybridized carbons (Fsp3) is 0.642. The van der Waals surface area contributed by atoms with Gasteiger partial charge in [0.15, 0.2) is 11.4 Å². The summed E-state index contributed by atoms with van der Waals surface area (Å²) in [7, 11) is 3.68. The predicted molar refractivity (Wildman–Crippen MR) is 262 cm³/mol. The highest BCUT2D eigenvalue weighted by Gasteiger charge is 2.50. The molecule has 2 aromatic carbocycles. The molecule has 16 nitrogen and oxygen atoms in total. The van der Waals surface area contributed by atoms with Gasteiger partial charge in [0.2, 0.25) is 0 Å². The SMILES string of the molecule is CO[C@H]1/C=C/OC2(C)Oc3c(C)c(O)c4c(O)c(c5c(c4c3C2=O)=NC2(CCN(CC(C)C)CC2)N=5)NC(=O)/C(C)=C\C=C\[C@H](C)C[C@@H](C)C(O)[C@@H](C)[C@H](OC(=O)N2CCC3C(CCN3C)C2)[C@@H]1C. The second-order valence-electron chi connectivity index (χ2n) is 21.5. The van der Waals surface area contributed by atoms with E-state index in [1.165, 1.54) is 13.2 Å². The number of hydrogen-bond acceptors (Lipinski definition) is 14. The van der Waals surface area contributed by atoms with Crippen LogP contribution in [0.2, 0.25) is 0 Å². The first-order valence-corrected chi connectivity index (χ1v) is 25.0. The highest BCUT2D eigenvalue weighted by molar-refractivity contribution is 6.19. The van der Waals surface area contributed by atoms with Gasteiger partial charge in [0.25, 0.3) is 11.7 Å². The smallest absolute Gasteiger partial charge is 0.410 e. The van der Waals surface area contributed by atoms with E-state index in [2.05, 4.69) is 36.0 Å². The van der Waals surface area contributed by atoms with Gasteiger partial charge in [0.05, 0.1) is 34.8 Å². The number of carbonyl (C=O) groups is 3. The number of carbonyl (C=O) groups excluding carboxylic acids is 3. The maximum atomic E-state index is 14.9. The first kappa shape index (κ1) is 50.4. The van der Waals surface area contributed by atoms with Crippen LogP contribution in [0, 0.1) is 42.4 Å². The molecule has 2 aromatic rings. The standard InChI is InChI=1S/C53H74N6O10/c1-28(2)26-58-22-18-53(19-23-58)55-41-38-39-45(61)34(8)48-40(38)49(63)52(9,69-48)67-24-17-37(66-11)32(6)47(68-51(65)59-21-16-36-35(27-59)15-20-57(36)10)33(7)44(60)31(5)25-29(3)13-12-14-30(4)50(64)54-43(46(39)62)42(41)56-53/h12-14,17,24,28-29,31-33,35-37,44,47,60-62H,15-16,18-23,25-27H2,1-11H3,(H,54,64)/b13-12+,24-17+,30-14-/t29-,31+,32+,33+,35?,36?,37-,44?,47+,52?/m0/s1. The van der Waals surface area contributed by atoms with Crippen molar-refractivity contribution in [3.63, 3.8) is 0 Å². The third-order valence-corrected chi connectivity index (χ3v) is 15.9. The number of nitrogens with one attached hydrogen (secondary N) is 1. The monoisotopic (exact) mass is 955 g/mol. The van der Waals surface area contributed by atoms with Crippen LogP contribution in [0.4, 0.5) is 10.5 Å². The summed E-state index contributed by atoms with van der Waals surface area (Å²) in [4.78, 5) is 60.1. The Balaban J connectivity index is 1.20. The molecule has 1 spiro atoms. The fourth-order valence-corrected chi connectivity index (χ4v) is 11.8. The number of nitrogens with zero attached hydrogens (tertiary/aromatic N) is 5. The van der Waals surface area contributed by atoms with Gasteiger partial charge >= 0.3 is 11.9 Å². The number of ketones is 1. The van der Waals surface area contributed by atoms with Crippen molar-refractivity contribution in [1.82, 2.24) is 14.7 Å². The molecule has 5 bridgehead atoms. The number of aliphatic hydroxyl groups excluding tert-OH is 1. The highest BCUT2D eigenvalue weighted by Crippen LogP contribution is 2.50. The summed E-state index contributed by atoms with van der Waals surface area (Å²) in [5.74, 6) is -4.17. The average molecular weight is 955 g/mol. The number of phenols is 2. The zero-order valence-electron chi connectivity index (χ0n) is 42.4. The van der Waals surface area contributed by atoms with Gasteiger partial charge in [-0.25, -0.2) is 4.79 Å². The number of phenolic OH excluding ortho intramolecular Hbond substituents is 2. The predicted octanol–water partition coefficient (Wildman–Crippen LogP) is 6.38. The number of allylic oxidation sites excluding steroid dienone is 3. The number of piperidine rings is 2. The topological polar surface area (TPSA) is 195 Å². The molecule has 0 radical (unpaired) electrons. The third kappa shape index (κ3) is 9.50. The van der Waals surface area contributed by atoms with Gasteiger partial charge in [-0.3, -0.25) is 19.6 Å². The summed E-state index contributed by atoms with van der Waals surface area (Å²) >= 11 is 0. The van der Waals surface area contributed by atoms with E-state index in [4.69, 9.17) is 28.9 Å². The van der Waals surface area contributed by atoms with Gasteiger partial charge in [-0.05, 0) is 76.5 Å². The molecule has 2 amide bonds. The van der Waals surface area contributed by atoms with Crippen LogP contribution in [-0.4, -0.2) is 137 Å². The highest BCUT2D eigenvalue weighted by atomic mass is 16.7. The van der Waals surface area contributed by atoms with Crippen molar-refractivity contribution < 1.29 is 48.7 Å². The lowest BCUT2D eigenvalue weighted by atomic mass is 9.79. The Labute approximate surface area is 406 Å². The number of Topliss-reactive ketones (excluding diaryl/α,β-unsaturated/α-hetero) is 1. The van der Waals surface area contributed by atoms with Crippen molar-refractivity contribution in [1.29, 1.82) is 0 Å². The summed E-state index contributed by atoms with van der Waals surface area (Å²) in [6.07, 6.45) is 9.25. The minimum atomic E-state index is -1.94. The molecule has 7 heterocycles. The van der Waals surface area contributed by atoms with Crippen LogP contribution in [0.1, 0.15) is 103 Å². The largest absolute Gasteiger partial charge is 0.507 e. The second-order valence-corrected chi connectivity index (χ2v) is 21.5. The Morgan fingerprint density at radius 1 is 0.971 bits per heavy atom. The number of aliphatic hydroxyl groups is 1. The molecule has 16 heteroatoms. The Morgan fingerprint density at radius 2 is 1.68 bits per heavy atom. The van der Waals surface area contributed by atoms with Gasteiger partial charge in [-0.15, -0.1) is 0 Å². The lowest BCUT2D eigenvalue weighted by Gasteiger charge is -2.40. The maximum Gasteiger partial charge on any atom is 0.410 e. The third-order valence-electron chi connectivity index (χ3n) is 15.9. The van der Waals surface area contributed by atoms with Crippen molar-refractivity contribution in [3.8, 4) is 17.2 Å². The lowest BCUT2D eigenvalue weighted by Crippen LogP contribution is -2.50. The van der Waals surface area contributed by atoms with E-state index in [1.54, 1.807) is 38.0 Å². The molecular weight excluding hydrogens is 881 g/mol. The van der Waals surface area contributed by atoms with E-state index in [9.17, 15) is 29.7 Å². The van der Waals surface area contributed by atoms with Crippen LogP contribution in [0.25, 0.3) is 10.8 Å². The van der Waals surface area contributed by atoms with Crippen LogP contribution < -0.4 is 20.8 Å². The lowest BCUT2D eigenvalue weighted by molar-refractivity contribution is -0.112. The molecule has 376 valence electrons. The summed E-state index contributed by atoms with van der Waals surface area (Å²) in [6, 6.07) is 0.442. The second kappa shape index (κ2) is 19.6. The van der Waals surface area contributed by atoms with E-state index >= 15 is 0 Å². The first-order chi connectivity index (χ1) is 32.7. The average Bonchev–Trinajstić information content (AvgIpc) is 3.96. The van der Waals surface area contributed by atoms with Crippen LogP contribution in [0.5, 0.6) is 17.2 Å². The first-order valence-electron chi connectivity index (χ1n) is 25.0. The molecule has 4 unspecified atom stereocenters. The number of benzene rings is 2. The number of anilines is 1. The minimum Gasteiger partial charge on any atom is -0.507 e. The van der Waals surface area contributed by atoms with E-state index < -0.39 is 65.1 Å². The number of amides is 2. The van der Waals surface area contributed by atoms with Crippen molar-refractivity contribution in [2.75, 3.05) is 58.7 Å². The molecule has 69 heavy (non-hydrogen) atoms. The maximum absolute atomic E-state index is 14.9. The number of methoxy groups -OCH3 is 1. The zero-order valence-corrected chi connectivity index (χ0v) is 42.4. The number of aromatic hydroxyl groups is 2. The number of fused-ring (bicyclic) bond motifs is 14. The van der Waals surface area contributed by atoms with Gasteiger partial charge < -0.3 is 54.3 Å². The molecule has 4 N–H and O–H groups in total. The minimum absolute atomic E-state index is 0.00838. The number of ether oxygens (including phenoxy) is 4. The molecule has 3 saturated heterocycles. The fourth-order valence-electron chi connectivity index (χ4n) is 11.8. The number of likely N-dealkylation sites (tertiary alicyclic amines) is 3. The van der Waals surface area contributed by atoms with Gasteiger partial charge in [-0.2, -0.15) is 0 Å². The summed E-state index contributed by atoms with van der Waals surface area (Å²) < 4.78 is 25.1. The molecular formula is C53H74N6O10. The van der Waals surface area contributed by atoms with Gasteiger partial charge in [0.1, 0.15) is 28.6 Å². The summed E-state index contributed by atoms with van der Waals surface area (Å²) in [5.41, 5.74) is -0.369. The summed E-state index contributed by atoms with van der Waals surface area (Å²) in [5, 5.41) is 39.7. The van der Waals surface area contributed by atoms with Gasteiger partial charge in [0, 0.05) is 94.0 Å². The molecule has 0 aromatic heterocycles. The quantitative estimate of drug-likeness (QED) is 0.248. The molecule has 3 fully saturated rings. The van der Waals surface area contributed by atoms with Crippen molar-refractivity contribution in [3.05, 3.63) is 58.0 Å². The van der Waals surface area contributed by atoms with E-state index in [0.29, 0.717) is 55.8 Å². The molecule has 7 aliphatic rings. The molecule has 0 aliphatic carbocycles. The normalized spacial score (nSPS) is 33.8. The van der Waals surface area contributed by atoms with Crippen LogP contribution >= 0.6 is 0 Å². The summed E-state index contributed by atoms with van der Waals surface area (Å²) in [6.45, 7) is 21.5. The zero-order chi connectivity index (χ0) is 49.9. The Hall–Kier alpha value is -5.03. The Kier molecular flexibility index (Phi) is 14.3. The number of hydrogen-bond donors (Lipinski definition) is 4. The van der Waals surface area contributed by atoms with Crippen molar-refractivity contribution >= 4 is 34.2 Å². The van der Waals surface area contributed by atoms with E-state index in [-0.39, 0.29) is 61.6 Å². The number of rotatable bonds is 4. The van der Waals surface area contributed by atoms with Crippen LogP contribution in [-0.2, 0) is 19.0 Å². The Morgan fingerprint density at radius 3 is 2.38 bits per heavy atom. The van der Waals surface area contributed by atoms with Crippen LogP contribution in [0.15, 0.2) is 46.1 Å². The molecule has 9 rings (SSSR count). The molecule has 0 saturated carbocycles. The van der Waals surface area contributed by atoms with Gasteiger partial charge in [-0.1, -0.05) is 59.8 Å². The van der Waals surface area contributed by atoms with Crippen LogP contribution in [0.3, 0.4) is 0 Å². The van der Waals surface area contributed by atoms with Crippen molar-refractivity contribution in [2.24, 2.45) is 45.5 Å².